The van der Waals surface area contributed by atoms with Crippen LogP contribution < -0.4 is 5.32 Å². The Labute approximate surface area is 110 Å². The smallest absolute Gasteiger partial charge is 0.352 e. The first kappa shape index (κ1) is 13.1. The number of aromatic amines is 1. The third kappa shape index (κ3) is 2.76. The van der Waals surface area contributed by atoms with Crippen LogP contribution in [-0.4, -0.2) is 28.0 Å². The van der Waals surface area contributed by atoms with Gasteiger partial charge in [0.2, 0.25) is 5.91 Å². The molecule has 1 heterocycles. The van der Waals surface area contributed by atoms with Crippen molar-refractivity contribution in [1.29, 1.82) is 0 Å². The lowest BCUT2D eigenvalue weighted by molar-refractivity contribution is -0.119. The number of fused-ring (bicyclic) bond motifs is 1. The number of aromatic nitrogens is 1. The molecule has 0 aliphatic carbocycles. The fourth-order valence-corrected chi connectivity index (χ4v) is 2.30. The van der Waals surface area contributed by atoms with E-state index in [1.54, 1.807) is 0 Å². The van der Waals surface area contributed by atoms with Crippen LogP contribution in [0.4, 0.5) is 0 Å². The molecular weight excluding hydrogens is 244 g/mol. The molecule has 0 fully saturated rings. The maximum Gasteiger partial charge on any atom is 0.352 e. The lowest BCUT2D eigenvalue weighted by Gasteiger charge is -2.12. The van der Waals surface area contributed by atoms with Crippen LogP contribution >= 0.6 is 0 Å². The van der Waals surface area contributed by atoms with Crippen LogP contribution in [0.15, 0.2) is 24.3 Å². The quantitative estimate of drug-likeness (QED) is 0.785. The zero-order valence-corrected chi connectivity index (χ0v) is 10.9. The Hall–Kier alpha value is -2.30. The first-order chi connectivity index (χ1) is 8.99. The number of amides is 1. The van der Waals surface area contributed by atoms with Crippen LogP contribution in [0.25, 0.3) is 10.9 Å². The minimum atomic E-state index is -0.985. The second kappa shape index (κ2) is 5.14. The van der Waals surface area contributed by atoms with Gasteiger partial charge >= 0.3 is 5.97 Å². The van der Waals surface area contributed by atoms with Crippen molar-refractivity contribution >= 4 is 22.8 Å². The van der Waals surface area contributed by atoms with Gasteiger partial charge in [0, 0.05) is 23.9 Å². The third-order valence-electron chi connectivity index (χ3n) is 2.99. The number of H-pyrrole nitrogens is 1. The van der Waals surface area contributed by atoms with Crippen molar-refractivity contribution in [1.82, 2.24) is 10.3 Å². The Balaban J connectivity index is 2.42. The molecule has 3 N–H and O–H groups in total. The van der Waals surface area contributed by atoms with E-state index in [1.165, 1.54) is 6.92 Å². The highest BCUT2D eigenvalue weighted by Crippen LogP contribution is 2.23. The maximum absolute atomic E-state index is 11.3. The van der Waals surface area contributed by atoms with Crippen LogP contribution in [0.3, 0.4) is 0 Å². The molecule has 2 rings (SSSR count). The monoisotopic (exact) mass is 260 g/mol. The fourth-order valence-electron chi connectivity index (χ4n) is 2.30. The van der Waals surface area contributed by atoms with Crippen LogP contribution in [0.2, 0.25) is 0 Å². The zero-order chi connectivity index (χ0) is 14.0. The number of nitrogens with one attached hydrogen (secondary N) is 2. The molecule has 2 aromatic rings. The van der Waals surface area contributed by atoms with Crippen molar-refractivity contribution < 1.29 is 14.7 Å². The standard InChI is InChI=1S/C14H16N2O3/c1-8(15-9(2)17)7-11-10-5-3-4-6-12(10)16-13(11)14(18)19/h3-6,8,16H,7H2,1-2H3,(H,15,17)(H,18,19). The lowest BCUT2D eigenvalue weighted by Crippen LogP contribution is -2.32. The first-order valence-corrected chi connectivity index (χ1v) is 6.09. The number of benzene rings is 1. The van der Waals surface area contributed by atoms with E-state index in [1.807, 2.05) is 31.2 Å². The van der Waals surface area contributed by atoms with Gasteiger partial charge in [0.15, 0.2) is 0 Å². The Morgan fingerprint density at radius 1 is 1.37 bits per heavy atom. The summed E-state index contributed by atoms with van der Waals surface area (Å²) in [5, 5.41) is 12.9. The van der Waals surface area contributed by atoms with E-state index in [-0.39, 0.29) is 17.6 Å². The Kier molecular flexibility index (Phi) is 3.55. The number of carbonyl (C=O) groups excluding carboxylic acids is 1. The molecule has 5 nitrogen and oxygen atoms in total. The van der Waals surface area contributed by atoms with E-state index in [4.69, 9.17) is 0 Å². The van der Waals surface area contributed by atoms with Crippen molar-refractivity contribution in [2.75, 3.05) is 0 Å². The number of hydrogen-bond acceptors (Lipinski definition) is 2. The van der Waals surface area contributed by atoms with Gasteiger partial charge in [0.1, 0.15) is 5.69 Å². The second-order valence-electron chi connectivity index (χ2n) is 4.63. The fraction of sp³-hybridized carbons (Fsp3) is 0.286. The summed E-state index contributed by atoms with van der Waals surface area (Å²) in [5.41, 5.74) is 1.72. The van der Waals surface area contributed by atoms with Crippen LogP contribution in [-0.2, 0) is 11.2 Å². The van der Waals surface area contributed by atoms with Gasteiger partial charge in [-0.2, -0.15) is 0 Å². The normalized spacial score (nSPS) is 12.3. The molecule has 0 aliphatic heterocycles. The van der Waals surface area contributed by atoms with Crippen molar-refractivity contribution in [3.8, 4) is 0 Å². The number of rotatable bonds is 4. The summed E-state index contributed by atoms with van der Waals surface area (Å²) in [6, 6.07) is 7.33. The van der Waals surface area contributed by atoms with Gasteiger partial charge in [-0.3, -0.25) is 4.79 Å². The summed E-state index contributed by atoms with van der Waals surface area (Å²) in [6.45, 7) is 3.30. The number of para-hydroxylation sites is 1. The summed E-state index contributed by atoms with van der Waals surface area (Å²) in [7, 11) is 0. The first-order valence-electron chi connectivity index (χ1n) is 6.09. The summed E-state index contributed by atoms with van der Waals surface area (Å²) in [6.07, 6.45) is 0.477. The molecule has 5 heteroatoms. The molecule has 1 aromatic heterocycles. The van der Waals surface area contributed by atoms with Crippen molar-refractivity contribution in [3.05, 3.63) is 35.5 Å². The van der Waals surface area contributed by atoms with Gasteiger partial charge in [-0.05, 0) is 25.0 Å². The molecule has 0 spiro atoms. The Morgan fingerprint density at radius 3 is 2.68 bits per heavy atom. The molecule has 0 saturated carbocycles. The average Bonchev–Trinajstić information content (AvgIpc) is 2.67. The van der Waals surface area contributed by atoms with Crippen LogP contribution in [0.1, 0.15) is 29.9 Å². The topological polar surface area (TPSA) is 82.2 Å². The van der Waals surface area contributed by atoms with E-state index in [0.717, 1.165) is 16.5 Å². The highest BCUT2D eigenvalue weighted by Gasteiger charge is 2.18. The Morgan fingerprint density at radius 2 is 2.05 bits per heavy atom. The number of aromatic carboxylic acids is 1. The maximum atomic E-state index is 11.3. The number of hydrogen-bond donors (Lipinski definition) is 3. The molecule has 100 valence electrons. The van der Waals surface area contributed by atoms with Crippen LogP contribution in [0.5, 0.6) is 0 Å². The van der Waals surface area contributed by atoms with E-state index in [0.29, 0.717) is 6.42 Å². The summed E-state index contributed by atoms with van der Waals surface area (Å²) in [4.78, 5) is 25.2. The van der Waals surface area contributed by atoms with Gasteiger partial charge in [0.25, 0.3) is 0 Å². The van der Waals surface area contributed by atoms with Crippen LogP contribution in [0, 0.1) is 0 Å². The van der Waals surface area contributed by atoms with Gasteiger partial charge < -0.3 is 15.4 Å². The van der Waals surface area contributed by atoms with Gasteiger partial charge in [-0.25, -0.2) is 4.79 Å². The molecule has 0 saturated heterocycles. The summed E-state index contributed by atoms with van der Waals surface area (Å²) < 4.78 is 0. The number of carbonyl (C=O) groups is 2. The molecule has 0 radical (unpaired) electrons. The molecule has 1 unspecified atom stereocenters. The molecule has 19 heavy (non-hydrogen) atoms. The molecule has 1 aromatic carbocycles. The second-order valence-corrected chi connectivity index (χ2v) is 4.63. The number of carboxylic acid groups (broad SMARTS) is 1. The van der Waals surface area contributed by atoms with E-state index in [2.05, 4.69) is 10.3 Å². The summed E-state index contributed by atoms with van der Waals surface area (Å²) in [5.74, 6) is -1.11. The lowest BCUT2D eigenvalue weighted by atomic mass is 10.0. The van der Waals surface area contributed by atoms with E-state index in [9.17, 15) is 14.7 Å². The Bertz CT molecular complexity index is 631. The minimum Gasteiger partial charge on any atom is -0.477 e. The largest absolute Gasteiger partial charge is 0.477 e. The van der Waals surface area contributed by atoms with Crippen molar-refractivity contribution in [2.45, 2.75) is 26.3 Å². The number of carboxylic acids is 1. The van der Waals surface area contributed by atoms with Crippen molar-refractivity contribution in [2.24, 2.45) is 0 Å². The predicted molar refractivity (Wildman–Crippen MR) is 72.2 cm³/mol. The van der Waals surface area contributed by atoms with Gasteiger partial charge in [-0.15, -0.1) is 0 Å². The SMILES string of the molecule is CC(=O)NC(C)Cc1c(C(=O)O)[nH]c2ccccc12. The average molecular weight is 260 g/mol. The van der Waals surface area contributed by atoms with Gasteiger partial charge in [0.05, 0.1) is 0 Å². The summed E-state index contributed by atoms with van der Waals surface area (Å²) >= 11 is 0. The molecule has 0 aliphatic rings. The molecular formula is C14H16N2O3. The highest BCUT2D eigenvalue weighted by molar-refractivity contribution is 5.97. The minimum absolute atomic E-state index is 0.116. The van der Waals surface area contributed by atoms with E-state index >= 15 is 0 Å². The molecule has 1 atom stereocenters. The van der Waals surface area contributed by atoms with E-state index < -0.39 is 5.97 Å². The zero-order valence-electron chi connectivity index (χ0n) is 10.9. The van der Waals surface area contributed by atoms with Crippen molar-refractivity contribution in [3.63, 3.8) is 0 Å². The highest BCUT2D eigenvalue weighted by atomic mass is 16.4. The molecule has 1 amide bonds. The predicted octanol–water partition coefficient (Wildman–Crippen LogP) is 1.93. The third-order valence-corrected chi connectivity index (χ3v) is 2.99. The molecule has 0 bridgehead atoms. The van der Waals surface area contributed by atoms with Gasteiger partial charge in [-0.1, -0.05) is 18.2 Å².